The van der Waals surface area contributed by atoms with E-state index >= 15 is 0 Å². The molecule has 0 aromatic rings. The summed E-state index contributed by atoms with van der Waals surface area (Å²) in [7, 11) is 0.355. The summed E-state index contributed by atoms with van der Waals surface area (Å²) in [6.45, 7) is 9.70. The molecular weight excluding hydrogens is 248 g/mol. The van der Waals surface area contributed by atoms with Crippen molar-refractivity contribution in [1.29, 1.82) is 0 Å². The topological polar surface area (TPSA) is 56.5 Å². The van der Waals surface area contributed by atoms with Gasteiger partial charge in [0.15, 0.2) is 0 Å². The molecule has 6 heteroatoms. The average molecular weight is 279 g/mol. The number of hydrogen-bond donors (Lipinski definition) is 2. The first-order valence-electron chi connectivity index (χ1n) is 6.44. The zero-order valence-electron chi connectivity index (χ0n) is 12.1. The molecule has 0 aromatic carbocycles. The lowest BCUT2D eigenvalue weighted by atomic mass is 10.3. The van der Waals surface area contributed by atoms with Crippen molar-refractivity contribution < 1.29 is 8.85 Å². The Hall–Kier alpha value is 0.274. The Kier molecular flexibility index (Phi) is 8.52. The molecular formula is C11H30N2O2Si2. The fraction of sp³-hybridized carbons (Fsp3) is 1.00. The maximum Gasteiger partial charge on any atom is 0.315 e. The average Bonchev–Trinajstić information content (AvgIpc) is 2.27. The fourth-order valence-electron chi connectivity index (χ4n) is 2.11. The minimum Gasteiger partial charge on any atom is -0.400 e. The molecule has 0 rings (SSSR count). The van der Waals surface area contributed by atoms with Crippen LogP contribution in [0.1, 0.15) is 12.8 Å². The normalized spacial score (nSPS) is 13.1. The summed E-state index contributed by atoms with van der Waals surface area (Å²) in [5.41, 5.74) is 5.42. The van der Waals surface area contributed by atoms with Crippen LogP contribution in [0.2, 0.25) is 25.7 Å². The van der Waals surface area contributed by atoms with Crippen molar-refractivity contribution in [2.45, 2.75) is 38.5 Å². The summed E-state index contributed by atoms with van der Waals surface area (Å²) in [6, 6.07) is 1.11. The van der Waals surface area contributed by atoms with Crippen LogP contribution in [0.15, 0.2) is 0 Å². The second kappa shape index (κ2) is 8.39. The molecule has 0 heterocycles. The van der Waals surface area contributed by atoms with Gasteiger partial charge in [0.05, 0.1) is 0 Å². The number of nitrogens with two attached hydrogens (primary N) is 1. The standard InChI is InChI=1S/C11H30N2O2Si2/c1-14-17(15-2,16(3,4)5)11-7-6-9-13-10-8-12/h13H,6-12H2,1-5H3. The van der Waals surface area contributed by atoms with Crippen molar-refractivity contribution in [2.75, 3.05) is 33.9 Å². The zero-order chi connectivity index (χ0) is 13.4. The maximum atomic E-state index is 5.82. The lowest BCUT2D eigenvalue weighted by Gasteiger charge is -2.37. The largest absolute Gasteiger partial charge is 0.400 e. The van der Waals surface area contributed by atoms with Crippen LogP contribution >= 0.6 is 0 Å². The number of rotatable bonds is 10. The molecule has 0 saturated heterocycles. The third-order valence-electron chi connectivity index (χ3n) is 3.23. The molecule has 0 saturated carbocycles. The van der Waals surface area contributed by atoms with Gasteiger partial charge in [-0.3, -0.25) is 0 Å². The SMILES string of the molecule is CO[Si](CCCCNCCN)(OC)[Si](C)(C)C. The van der Waals surface area contributed by atoms with Gasteiger partial charge in [-0.25, -0.2) is 0 Å². The van der Waals surface area contributed by atoms with E-state index < -0.39 is 15.7 Å². The number of unbranched alkanes of at least 4 members (excludes halogenated alkanes) is 1. The van der Waals surface area contributed by atoms with E-state index in [1.165, 1.54) is 12.8 Å². The Morgan fingerprint density at radius 2 is 1.59 bits per heavy atom. The van der Waals surface area contributed by atoms with Gasteiger partial charge in [-0.1, -0.05) is 26.1 Å². The highest BCUT2D eigenvalue weighted by molar-refractivity contribution is 7.36. The molecule has 17 heavy (non-hydrogen) atoms. The summed E-state index contributed by atoms with van der Waals surface area (Å²) < 4.78 is 11.6. The van der Waals surface area contributed by atoms with Gasteiger partial charge in [-0.05, 0) is 19.0 Å². The zero-order valence-corrected chi connectivity index (χ0v) is 14.1. The molecule has 0 spiro atoms. The molecule has 104 valence electrons. The van der Waals surface area contributed by atoms with Crippen LogP contribution in [0.5, 0.6) is 0 Å². The van der Waals surface area contributed by atoms with Gasteiger partial charge < -0.3 is 19.9 Å². The minimum atomic E-state index is -1.93. The van der Waals surface area contributed by atoms with Gasteiger partial charge in [-0.2, -0.15) is 0 Å². The Balaban J connectivity index is 4.02. The van der Waals surface area contributed by atoms with Gasteiger partial charge in [0, 0.05) is 27.3 Å². The fourth-order valence-corrected chi connectivity index (χ4v) is 11.8. The predicted octanol–water partition coefficient (Wildman–Crippen LogP) is 1.47. The van der Waals surface area contributed by atoms with E-state index in [9.17, 15) is 0 Å². The number of hydrogen-bond acceptors (Lipinski definition) is 4. The summed E-state index contributed by atoms with van der Waals surface area (Å²) >= 11 is 0. The van der Waals surface area contributed by atoms with Crippen molar-refractivity contribution in [3.8, 4) is 0 Å². The smallest absolute Gasteiger partial charge is 0.315 e. The van der Waals surface area contributed by atoms with Crippen LogP contribution in [0.25, 0.3) is 0 Å². The Morgan fingerprint density at radius 1 is 1.00 bits per heavy atom. The molecule has 0 bridgehead atoms. The van der Waals surface area contributed by atoms with Crippen molar-refractivity contribution in [3.63, 3.8) is 0 Å². The third kappa shape index (κ3) is 5.63. The second-order valence-electron chi connectivity index (χ2n) is 5.41. The summed E-state index contributed by atoms with van der Waals surface area (Å²) in [5, 5.41) is 3.32. The van der Waals surface area contributed by atoms with Crippen LogP contribution < -0.4 is 11.1 Å². The minimum absolute atomic E-state index is 0.712. The summed E-state index contributed by atoms with van der Waals surface area (Å²) in [4.78, 5) is 0. The van der Waals surface area contributed by atoms with Gasteiger partial charge in [0.1, 0.15) is 7.59 Å². The Bertz CT molecular complexity index is 194. The molecule has 0 aromatic heterocycles. The molecule has 4 nitrogen and oxygen atoms in total. The van der Waals surface area contributed by atoms with Crippen molar-refractivity contribution in [2.24, 2.45) is 5.73 Å². The molecule has 0 atom stereocenters. The maximum absolute atomic E-state index is 5.82. The molecule has 0 amide bonds. The Morgan fingerprint density at radius 3 is 2.00 bits per heavy atom. The highest BCUT2D eigenvalue weighted by Crippen LogP contribution is 2.26. The summed E-state index contributed by atoms with van der Waals surface area (Å²) in [6.07, 6.45) is 2.35. The van der Waals surface area contributed by atoms with Gasteiger partial charge in [0.25, 0.3) is 0 Å². The monoisotopic (exact) mass is 278 g/mol. The van der Waals surface area contributed by atoms with Crippen LogP contribution in [-0.2, 0) is 8.85 Å². The highest BCUT2D eigenvalue weighted by atomic mass is 29.3. The quantitative estimate of drug-likeness (QED) is 0.469. The van der Waals surface area contributed by atoms with Crippen molar-refractivity contribution >= 4 is 15.7 Å². The Labute approximate surface area is 108 Å². The first-order chi connectivity index (χ1) is 7.93. The van der Waals surface area contributed by atoms with E-state index in [1.807, 2.05) is 14.2 Å². The van der Waals surface area contributed by atoms with Gasteiger partial charge in [-0.15, -0.1) is 0 Å². The second-order valence-corrected chi connectivity index (χ2v) is 19.5. The van der Waals surface area contributed by atoms with E-state index in [-0.39, 0.29) is 0 Å². The van der Waals surface area contributed by atoms with E-state index in [2.05, 4.69) is 25.0 Å². The van der Waals surface area contributed by atoms with Crippen molar-refractivity contribution in [1.82, 2.24) is 5.32 Å². The highest BCUT2D eigenvalue weighted by Gasteiger charge is 2.48. The number of nitrogens with one attached hydrogen (secondary N) is 1. The van der Waals surface area contributed by atoms with E-state index in [0.717, 1.165) is 19.1 Å². The lowest BCUT2D eigenvalue weighted by Crippen LogP contribution is -2.60. The lowest BCUT2D eigenvalue weighted by molar-refractivity contribution is 0.260. The molecule has 0 aliphatic carbocycles. The third-order valence-corrected chi connectivity index (χ3v) is 16.7. The van der Waals surface area contributed by atoms with Crippen LogP contribution in [0, 0.1) is 0 Å². The van der Waals surface area contributed by atoms with Crippen LogP contribution in [0.3, 0.4) is 0 Å². The molecule has 3 N–H and O–H groups in total. The molecule has 0 aliphatic heterocycles. The summed E-state index contributed by atoms with van der Waals surface area (Å²) in [5.74, 6) is 0. The van der Waals surface area contributed by atoms with E-state index in [0.29, 0.717) is 6.54 Å². The first kappa shape index (κ1) is 17.3. The van der Waals surface area contributed by atoms with Gasteiger partial charge in [0.2, 0.25) is 0 Å². The molecule has 0 unspecified atom stereocenters. The van der Waals surface area contributed by atoms with Gasteiger partial charge >= 0.3 is 8.08 Å². The van der Waals surface area contributed by atoms with Crippen LogP contribution in [0.4, 0.5) is 0 Å². The van der Waals surface area contributed by atoms with E-state index in [1.54, 1.807) is 0 Å². The predicted molar refractivity (Wildman–Crippen MR) is 79.1 cm³/mol. The molecule has 0 aliphatic rings. The van der Waals surface area contributed by atoms with Crippen molar-refractivity contribution in [3.05, 3.63) is 0 Å². The molecule has 0 radical (unpaired) electrons. The van der Waals surface area contributed by atoms with E-state index in [4.69, 9.17) is 14.6 Å². The first-order valence-corrected chi connectivity index (χ1v) is 13.0. The molecule has 0 fully saturated rings. The van der Waals surface area contributed by atoms with Crippen LogP contribution in [-0.4, -0.2) is 49.5 Å².